The van der Waals surface area contributed by atoms with Gasteiger partial charge in [-0.2, -0.15) is 0 Å². The fourth-order valence-electron chi connectivity index (χ4n) is 3.10. The van der Waals surface area contributed by atoms with E-state index in [0.717, 1.165) is 10.5 Å². The van der Waals surface area contributed by atoms with Crippen molar-refractivity contribution in [2.75, 3.05) is 23.5 Å². The Kier molecular flexibility index (Phi) is 6.72. The molecule has 2 aromatic rings. The normalized spacial score (nSPS) is 16.2. The molecule has 0 radical (unpaired) electrons. The summed E-state index contributed by atoms with van der Waals surface area (Å²) in [5.41, 5.74) is 1.93. The number of ether oxygens (including phenoxy) is 1. The summed E-state index contributed by atoms with van der Waals surface area (Å²) in [6, 6.07) is 10.0. The Morgan fingerprint density at radius 2 is 2.03 bits per heavy atom. The number of nitrogens with one attached hydrogen (secondary N) is 2. The predicted octanol–water partition coefficient (Wildman–Crippen LogP) is 3.63. The van der Waals surface area contributed by atoms with Gasteiger partial charge in [-0.3, -0.25) is 9.59 Å². The minimum atomic E-state index is -3.70. The van der Waals surface area contributed by atoms with E-state index in [2.05, 4.69) is 10.6 Å². The van der Waals surface area contributed by atoms with Crippen molar-refractivity contribution in [3.63, 3.8) is 0 Å². The lowest BCUT2D eigenvalue weighted by Crippen LogP contribution is -2.18. The van der Waals surface area contributed by atoms with Gasteiger partial charge in [0.25, 0.3) is 0 Å². The molecule has 160 valence electrons. The molecule has 0 saturated heterocycles. The van der Waals surface area contributed by atoms with E-state index in [4.69, 9.17) is 4.74 Å². The number of thioether (sulfide) groups is 1. The van der Waals surface area contributed by atoms with Crippen LogP contribution in [0.5, 0.6) is 5.75 Å². The van der Waals surface area contributed by atoms with Crippen molar-refractivity contribution in [1.82, 2.24) is 0 Å². The Morgan fingerprint density at radius 1 is 1.27 bits per heavy atom. The first-order chi connectivity index (χ1) is 14.2. The largest absolute Gasteiger partial charge is 0.495 e. The highest BCUT2D eigenvalue weighted by Gasteiger charge is 2.23. The average Bonchev–Trinajstić information content (AvgIpc) is 2.82. The van der Waals surface area contributed by atoms with Crippen molar-refractivity contribution in [1.29, 1.82) is 0 Å². The third kappa shape index (κ3) is 5.34. The Morgan fingerprint density at radius 3 is 2.77 bits per heavy atom. The second-order valence-corrected chi connectivity index (χ2v) is 10.7. The van der Waals surface area contributed by atoms with Gasteiger partial charge in [0.15, 0.2) is 9.84 Å². The van der Waals surface area contributed by atoms with Gasteiger partial charge >= 0.3 is 0 Å². The minimum Gasteiger partial charge on any atom is -0.495 e. The fourth-order valence-corrected chi connectivity index (χ4v) is 5.42. The number of carbonyl (C=O) groups excluding carboxylic acids is 2. The smallest absolute Gasteiger partial charge is 0.225 e. The highest BCUT2D eigenvalue weighted by atomic mass is 32.2. The summed E-state index contributed by atoms with van der Waals surface area (Å²) < 4.78 is 30.7. The highest BCUT2D eigenvalue weighted by Crippen LogP contribution is 2.36. The number of anilines is 2. The third-order valence-electron chi connectivity index (χ3n) is 4.61. The highest BCUT2D eigenvalue weighted by molar-refractivity contribution is 8.00. The Labute approximate surface area is 180 Å². The van der Waals surface area contributed by atoms with Gasteiger partial charge in [0.05, 0.1) is 29.1 Å². The summed E-state index contributed by atoms with van der Waals surface area (Å²) in [5.74, 6) is -0.404. The van der Waals surface area contributed by atoms with Gasteiger partial charge in [-0.1, -0.05) is 13.0 Å². The summed E-state index contributed by atoms with van der Waals surface area (Å²) in [5, 5.41) is 5.58. The molecule has 1 aliphatic rings. The van der Waals surface area contributed by atoms with E-state index >= 15 is 0 Å². The van der Waals surface area contributed by atoms with Crippen molar-refractivity contribution < 1.29 is 22.7 Å². The molecule has 0 unspecified atom stereocenters. The molecule has 0 aromatic heterocycles. The second kappa shape index (κ2) is 9.09. The van der Waals surface area contributed by atoms with E-state index in [-0.39, 0.29) is 28.2 Å². The Balaban J connectivity index is 1.71. The lowest BCUT2D eigenvalue weighted by atomic mass is 10.2. The summed E-state index contributed by atoms with van der Waals surface area (Å²) in [6.07, 6.45) is 0.165. The molecule has 30 heavy (non-hydrogen) atoms. The molecule has 1 atom stereocenters. The van der Waals surface area contributed by atoms with Crippen LogP contribution in [0.1, 0.15) is 25.3 Å². The van der Waals surface area contributed by atoms with Gasteiger partial charge in [-0.25, -0.2) is 8.42 Å². The molecular weight excluding hydrogens is 424 g/mol. The lowest BCUT2D eigenvalue weighted by Gasteiger charge is -2.12. The predicted molar refractivity (Wildman–Crippen MR) is 118 cm³/mol. The summed E-state index contributed by atoms with van der Waals surface area (Å²) in [4.78, 5) is 25.2. The van der Waals surface area contributed by atoms with Crippen LogP contribution in [0.4, 0.5) is 11.4 Å². The standard InChI is InChI=1S/C21H24N2O5S2/c1-13-4-6-18(28-3)16(10-13)22-20(24)8-9-30(26,27)15-5-7-19-17(12-15)23-21(25)11-14(2)29-19/h4-7,10,12,14H,8-9,11H2,1-3H3,(H,22,24)(H,23,25)/t14-/m1/s1. The lowest BCUT2D eigenvalue weighted by molar-refractivity contribution is -0.116. The van der Waals surface area contributed by atoms with Crippen molar-refractivity contribution in [3.05, 3.63) is 42.0 Å². The van der Waals surface area contributed by atoms with Crippen molar-refractivity contribution in [2.45, 2.75) is 41.7 Å². The van der Waals surface area contributed by atoms with Gasteiger partial charge in [0, 0.05) is 23.0 Å². The number of benzene rings is 2. The maximum atomic E-state index is 12.8. The zero-order valence-electron chi connectivity index (χ0n) is 17.0. The van der Waals surface area contributed by atoms with Crippen LogP contribution in [-0.4, -0.2) is 38.3 Å². The Hall–Kier alpha value is -2.52. The molecule has 7 nitrogen and oxygen atoms in total. The van der Waals surface area contributed by atoms with Gasteiger partial charge in [0.1, 0.15) is 5.75 Å². The first-order valence-corrected chi connectivity index (χ1v) is 12.0. The topological polar surface area (TPSA) is 102 Å². The number of hydrogen-bond donors (Lipinski definition) is 2. The molecule has 2 amide bonds. The van der Waals surface area contributed by atoms with Crippen LogP contribution < -0.4 is 15.4 Å². The average molecular weight is 449 g/mol. The molecular formula is C21H24N2O5S2. The number of methoxy groups -OCH3 is 1. The van der Waals surface area contributed by atoms with E-state index in [1.165, 1.54) is 31.0 Å². The Bertz CT molecular complexity index is 1080. The first kappa shape index (κ1) is 22.2. The zero-order valence-corrected chi connectivity index (χ0v) is 18.7. The second-order valence-electron chi connectivity index (χ2n) is 7.16. The number of rotatable bonds is 6. The van der Waals surface area contributed by atoms with Crippen LogP contribution in [-0.2, 0) is 19.4 Å². The number of sulfone groups is 1. The monoisotopic (exact) mass is 448 g/mol. The zero-order chi connectivity index (χ0) is 21.9. The third-order valence-corrected chi connectivity index (χ3v) is 7.50. The van der Waals surface area contributed by atoms with Gasteiger partial charge < -0.3 is 15.4 Å². The molecule has 2 N–H and O–H groups in total. The maximum absolute atomic E-state index is 12.8. The molecule has 9 heteroatoms. The summed E-state index contributed by atoms with van der Waals surface area (Å²) in [6.45, 7) is 3.83. The number of hydrogen-bond acceptors (Lipinski definition) is 6. The quantitative estimate of drug-likeness (QED) is 0.700. The molecule has 0 fully saturated rings. The minimum absolute atomic E-state index is 0.0811. The molecule has 3 rings (SSSR count). The summed E-state index contributed by atoms with van der Waals surface area (Å²) >= 11 is 1.53. The van der Waals surface area contributed by atoms with Crippen LogP contribution in [0, 0.1) is 6.92 Å². The van der Waals surface area contributed by atoms with E-state index in [0.29, 0.717) is 23.5 Å². The van der Waals surface area contributed by atoms with Crippen LogP contribution in [0.25, 0.3) is 0 Å². The van der Waals surface area contributed by atoms with E-state index < -0.39 is 15.7 Å². The number of aryl methyl sites for hydroxylation is 1. The van der Waals surface area contributed by atoms with E-state index in [1.807, 2.05) is 19.9 Å². The molecule has 0 spiro atoms. The number of amides is 2. The van der Waals surface area contributed by atoms with E-state index in [9.17, 15) is 18.0 Å². The van der Waals surface area contributed by atoms with Crippen LogP contribution >= 0.6 is 11.8 Å². The van der Waals surface area contributed by atoms with Crippen LogP contribution in [0.2, 0.25) is 0 Å². The van der Waals surface area contributed by atoms with Crippen molar-refractivity contribution in [3.8, 4) is 5.75 Å². The van der Waals surface area contributed by atoms with E-state index in [1.54, 1.807) is 18.2 Å². The van der Waals surface area contributed by atoms with Crippen molar-refractivity contribution >= 4 is 44.8 Å². The molecule has 0 saturated carbocycles. The fraction of sp³-hybridized carbons (Fsp3) is 0.333. The van der Waals surface area contributed by atoms with Crippen LogP contribution in [0.3, 0.4) is 0 Å². The summed E-state index contributed by atoms with van der Waals surface area (Å²) in [7, 11) is -2.20. The van der Waals surface area contributed by atoms with Crippen molar-refractivity contribution in [2.24, 2.45) is 0 Å². The maximum Gasteiger partial charge on any atom is 0.225 e. The molecule has 1 heterocycles. The first-order valence-electron chi connectivity index (χ1n) is 9.46. The molecule has 0 aliphatic carbocycles. The van der Waals surface area contributed by atoms with Gasteiger partial charge in [0.2, 0.25) is 11.8 Å². The van der Waals surface area contributed by atoms with Crippen LogP contribution in [0.15, 0.2) is 46.2 Å². The molecule has 0 bridgehead atoms. The molecule has 1 aliphatic heterocycles. The van der Waals surface area contributed by atoms with Gasteiger partial charge in [-0.15, -0.1) is 11.8 Å². The van der Waals surface area contributed by atoms with Gasteiger partial charge in [-0.05, 0) is 42.8 Å². The number of carbonyl (C=O) groups is 2. The number of fused-ring (bicyclic) bond motifs is 1. The SMILES string of the molecule is COc1ccc(C)cc1NC(=O)CCS(=O)(=O)c1ccc2c(c1)NC(=O)C[C@@H](C)S2. The molecule has 2 aromatic carbocycles.